The first kappa shape index (κ1) is 17.0. The molecular formula is C16H20N2O2S2. The molecule has 4 nitrogen and oxygen atoms in total. The maximum Gasteiger partial charge on any atom is 0.266 e. The Kier molecular flexibility index (Phi) is 5.61. The zero-order valence-electron chi connectivity index (χ0n) is 13.2. The molecule has 22 heavy (non-hydrogen) atoms. The van der Waals surface area contributed by atoms with Crippen LogP contribution in [0.3, 0.4) is 0 Å². The van der Waals surface area contributed by atoms with E-state index in [4.69, 9.17) is 17.0 Å². The molecule has 1 unspecified atom stereocenters. The van der Waals surface area contributed by atoms with Gasteiger partial charge in [0.1, 0.15) is 4.32 Å². The van der Waals surface area contributed by atoms with Crippen molar-refractivity contribution in [1.29, 1.82) is 0 Å². The number of thioether (sulfide) groups is 1. The summed E-state index contributed by atoms with van der Waals surface area (Å²) >= 11 is 6.67. The minimum absolute atomic E-state index is 0.0452. The summed E-state index contributed by atoms with van der Waals surface area (Å²) in [5.74, 6) is -0.0452. The van der Waals surface area contributed by atoms with Crippen molar-refractivity contribution in [2.75, 3.05) is 32.7 Å². The van der Waals surface area contributed by atoms with Crippen LogP contribution < -0.4 is 4.90 Å². The number of anilines is 1. The maximum atomic E-state index is 12.5. The monoisotopic (exact) mass is 336 g/mol. The van der Waals surface area contributed by atoms with E-state index in [0.29, 0.717) is 15.8 Å². The highest BCUT2D eigenvalue weighted by atomic mass is 32.2. The van der Waals surface area contributed by atoms with E-state index in [2.05, 4.69) is 0 Å². The minimum atomic E-state index is -0.0560. The van der Waals surface area contributed by atoms with E-state index in [1.54, 1.807) is 12.0 Å². The summed E-state index contributed by atoms with van der Waals surface area (Å²) in [7, 11) is 5.62. The Bertz CT molecular complexity index is 597. The van der Waals surface area contributed by atoms with Crippen LogP contribution in [0, 0.1) is 0 Å². The molecule has 1 aromatic carbocycles. The lowest BCUT2D eigenvalue weighted by atomic mass is 10.2. The van der Waals surface area contributed by atoms with Crippen molar-refractivity contribution in [1.82, 2.24) is 4.90 Å². The van der Waals surface area contributed by atoms with Crippen LogP contribution in [-0.2, 0) is 9.53 Å². The Morgan fingerprint density at radius 3 is 2.55 bits per heavy atom. The third-order valence-corrected chi connectivity index (χ3v) is 4.71. The third kappa shape index (κ3) is 3.69. The highest BCUT2D eigenvalue weighted by Crippen LogP contribution is 2.34. The van der Waals surface area contributed by atoms with Crippen molar-refractivity contribution in [3.8, 4) is 0 Å². The van der Waals surface area contributed by atoms with Crippen LogP contribution in [0.2, 0.25) is 0 Å². The summed E-state index contributed by atoms with van der Waals surface area (Å²) in [5.41, 5.74) is 2.11. The van der Waals surface area contributed by atoms with Crippen molar-refractivity contribution in [3.05, 3.63) is 34.7 Å². The maximum absolute atomic E-state index is 12.5. The van der Waals surface area contributed by atoms with E-state index >= 15 is 0 Å². The van der Waals surface area contributed by atoms with Crippen molar-refractivity contribution >= 4 is 46.0 Å². The lowest BCUT2D eigenvalue weighted by molar-refractivity contribution is -0.124. The zero-order valence-corrected chi connectivity index (χ0v) is 14.8. The number of hydrogen-bond acceptors (Lipinski definition) is 5. The predicted molar refractivity (Wildman–Crippen MR) is 97.1 cm³/mol. The van der Waals surface area contributed by atoms with Crippen molar-refractivity contribution in [2.24, 2.45) is 0 Å². The van der Waals surface area contributed by atoms with Gasteiger partial charge in [-0.2, -0.15) is 0 Å². The van der Waals surface area contributed by atoms with Gasteiger partial charge in [-0.3, -0.25) is 9.69 Å². The molecule has 2 rings (SSSR count). The smallest absolute Gasteiger partial charge is 0.266 e. The van der Waals surface area contributed by atoms with Gasteiger partial charge in [0.15, 0.2) is 0 Å². The van der Waals surface area contributed by atoms with Crippen LogP contribution in [0.4, 0.5) is 5.69 Å². The fourth-order valence-corrected chi connectivity index (χ4v) is 3.66. The van der Waals surface area contributed by atoms with E-state index < -0.39 is 0 Å². The minimum Gasteiger partial charge on any atom is -0.383 e. The van der Waals surface area contributed by atoms with Crippen LogP contribution in [0.5, 0.6) is 0 Å². The molecule has 118 valence electrons. The topological polar surface area (TPSA) is 32.8 Å². The van der Waals surface area contributed by atoms with Gasteiger partial charge in [0.05, 0.1) is 17.6 Å². The number of amides is 1. The Morgan fingerprint density at radius 2 is 2.00 bits per heavy atom. The molecule has 1 aromatic rings. The van der Waals surface area contributed by atoms with Crippen LogP contribution in [-0.4, -0.2) is 49.0 Å². The summed E-state index contributed by atoms with van der Waals surface area (Å²) in [5, 5.41) is 0. The Labute approximate surface area is 141 Å². The molecule has 1 aliphatic heterocycles. The highest BCUT2D eigenvalue weighted by molar-refractivity contribution is 8.26. The van der Waals surface area contributed by atoms with Crippen molar-refractivity contribution in [2.45, 2.75) is 13.0 Å². The van der Waals surface area contributed by atoms with Crippen LogP contribution in [0.25, 0.3) is 6.08 Å². The Morgan fingerprint density at radius 1 is 1.36 bits per heavy atom. The number of methoxy groups -OCH3 is 1. The van der Waals surface area contributed by atoms with Crippen LogP contribution in [0.15, 0.2) is 29.2 Å². The predicted octanol–water partition coefficient (Wildman–Crippen LogP) is 2.99. The van der Waals surface area contributed by atoms with Crippen LogP contribution in [0.1, 0.15) is 12.5 Å². The molecule has 1 aliphatic rings. The van der Waals surface area contributed by atoms with Gasteiger partial charge in [0.2, 0.25) is 0 Å². The van der Waals surface area contributed by atoms with Gasteiger partial charge in [-0.1, -0.05) is 36.1 Å². The fourth-order valence-electron chi connectivity index (χ4n) is 2.20. The first-order valence-corrected chi connectivity index (χ1v) is 8.20. The molecule has 0 N–H and O–H groups in total. The number of rotatable bonds is 5. The van der Waals surface area contributed by atoms with Gasteiger partial charge in [-0.15, -0.1) is 0 Å². The second-order valence-corrected chi connectivity index (χ2v) is 7.02. The number of ether oxygens (including phenoxy) is 1. The molecule has 1 atom stereocenters. The van der Waals surface area contributed by atoms with Gasteiger partial charge >= 0.3 is 0 Å². The molecule has 1 amide bonds. The summed E-state index contributed by atoms with van der Waals surface area (Å²) in [6.45, 7) is 2.40. The normalized spacial score (nSPS) is 18.2. The highest BCUT2D eigenvalue weighted by Gasteiger charge is 2.35. The fraction of sp³-hybridized carbons (Fsp3) is 0.375. The SMILES string of the molecule is COCC(C)N1C(=O)/C(=C\c2ccc(N(C)C)cc2)SC1=S. The molecule has 1 heterocycles. The second kappa shape index (κ2) is 7.26. The molecule has 0 aliphatic carbocycles. The summed E-state index contributed by atoms with van der Waals surface area (Å²) in [6.07, 6.45) is 1.89. The molecule has 1 fully saturated rings. The summed E-state index contributed by atoms with van der Waals surface area (Å²) in [6, 6.07) is 8.00. The number of carbonyl (C=O) groups excluding carboxylic acids is 1. The second-order valence-electron chi connectivity index (χ2n) is 5.34. The molecule has 0 spiro atoms. The largest absolute Gasteiger partial charge is 0.383 e. The van der Waals surface area contributed by atoms with E-state index in [-0.39, 0.29) is 11.9 Å². The first-order chi connectivity index (χ1) is 10.4. The number of hydrogen-bond donors (Lipinski definition) is 0. The zero-order chi connectivity index (χ0) is 16.3. The lowest BCUT2D eigenvalue weighted by Gasteiger charge is -2.22. The van der Waals surface area contributed by atoms with E-state index in [0.717, 1.165) is 11.3 Å². The van der Waals surface area contributed by atoms with E-state index in [1.165, 1.54) is 11.8 Å². The van der Waals surface area contributed by atoms with Gasteiger partial charge in [0.25, 0.3) is 5.91 Å². The standard InChI is InChI=1S/C16H20N2O2S2/c1-11(10-20-4)18-15(19)14(22-16(18)21)9-12-5-7-13(8-6-12)17(2)3/h5-9,11H,10H2,1-4H3/b14-9+. The molecule has 0 aromatic heterocycles. The molecule has 0 radical (unpaired) electrons. The van der Waals surface area contributed by atoms with E-state index in [1.807, 2.05) is 56.3 Å². The molecule has 6 heteroatoms. The van der Waals surface area contributed by atoms with Gasteiger partial charge in [-0.05, 0) is 30.7 Å². The number of carbonyl (C=O) groups is 1. The quantitative estimate of drug-likeness (QED) is 0.610. The number of thiocarbonyl (C=S) groups is 1. The molecule has 1 saturated heterocycles. The molecule has 0 saturated carbocycles. The first-order valence-electron chi connectivity index (χ1n) is 6.97. The summed E-state index contributed by atoms with van der Waals surface area (Å²) < 4.78 is 5.70. The van der Waals surface area contributed by atoms with Crippen LogP contribution >= 0.6 is 24.0 Å². The third-order valence-electron chi connectivity index (χ3n) is 3.38. The number of nitrogens with zero attached hydrogens (tertiary/aromatic N) is 2. The average Bonchev–Trinajstić information content (AvgIpc) is 2.74. The number of benzene rings is 1. The van der Waals surface area contributed by atoms with Crippen molar-refractivity contribution < 1.29 is 9.53 Å². The lowest BCUT2D eigenvalue weighted by Crippen LogP contribution is -2.39. The van der Waals surface area contributed by atoms with Gasteiger partial charge < -0.3 is 9.64 Å². The Balaban J connectivity index is 2.19. The molecule has 0 bridgehead atoms. The van der Waals surface area contributed by atoms with Crippen molar-refractivity contribution in [3.63, 3.8) is 0 Å². The van der Waals surface area contributed by atoms with Gasteiger partial charge in [0, 0.05) is 26.9 Å². The average molecular weight is 336 g/mol. The molecular weight excluding hydrogens is 316 g/mol. The Hall–Kier alpha value is -1.37. The van der Waals surface area contributed by atoms with Gasteiger partial charge in [-0.25, -0.2) is 0 Å². The van der Waals surface area contributed by atoms with E-state index in [9.17, 15) is 4.79 Å². The summed E-state index contributed by atoms with van der Waals surface area (Å²) in [4.78, 5) is 16.8.